The van der Waals surface area contributed by atoms with E-state index in [2.05, 4.69) is 4.99 Å². The average molecular weight is 474 g/mol. The number of nitrogens with zero attached hydrogens (tertiary/aromatic N) is 3. The highest BCUT2D eigenvalue weighted by atomic mass is 32.1. The van der Waals surface area contributed by atoms with Crippen LogP contribution in [0, 0.1) is 0 Å². The molecule has 3 aromatic rings. The molecule has 7 heteroatoms. The Morgan fingerprint density at radius 3 is 2.47 bits per heavy atom. The minimum Gasteiger partial charge on any atom is -0.463 e. The molecule has 0 fully saturated rings. The zero-order chi connectivity index (χ0) is 24.2. The highest BCUT2D eigenvalue weighted by Crippen LogP contribution is 2.26. The molecule has 1 atom stereocenters. The van der Waals surface area contributed by atoms with Gasteiger partial charge in [0.2, 0.25) is 0 Å². The van der Waals surface area contributed by atoms with Gasteiger partial charge in [0.05, 0.1) is 28.5 Å². The van der Waals surface area contributed by atoms with Crippen molar-refractivity contribution in [2.75, 3.05) is 25.6 Å². The molecule has 0 aliphatic carbocycles. The topological polar surface area (TPSA) is 63.9 Å². The summed E-state index contributed by atoms with van der Waals surface area (Å²) in [5, 5.41) is 0. The minimum atomic E-state index is -0.603. The van der Waals surface area contributed by atoms with E-state index in [1.807, 2.05) is 91.8 Å². The van der Waals surface area contributed by atoms with Gasteiger partial charge in [-0.2, -0.15) is 0 Å². The number of carbonyl (C=O) groups is 1. The molecule has 1 aliphatic rings. The molecular weight excluding hydrogens is 446 g/mol. The van der Waals surface area contributed by atoms with Crippen molar-refractivity contribution in [1.29, 1.82) is 0 Å². The fraction of sp³-hybridized carbons (Fsp3) is 0.222. The van der Waals surface area contributed by atoms with Crippen molar-refractivity contribution >= 4 is 35.1 Å². The number of esters is 1. The molecule has 0 N–H and O–H groups in total. The Balaban J connectivity index is 1.83. The average Bonchev–Trinajstić information content (AvgIpc) is 3.12. The molecule has 34 heavy (non-hydrogen) atoms. The third-order valence-corrected chi connectivity index (χ3v) is 6.52. The van der Waals surface area contributed by atoms with Crippen LogP contribution in [0.2, 0.25) is 0 Å². The molecule has 2 aromatic carbocycles. The third-order valence-electron chi connectivity index (χ3n) is 5.54. The highest BCUT2D eigenvalue weighted by molar-refractivity contribution is 7.07. The van der Waals surface area contributed by atoms with E-state index in [1.165, 1.54) is 11.3 Å². The number of benzene rings is 2. The number of aromatic nitrogens is 1. The Kier molecular flexibility index (Phi) is 6.93. The number of hydrogen-bond acceptors (Lipinski definition) is 6. The summed E-state index contributed by atoms with van der Waals surface area (Å²) < 4.78 is 7.46. The van der Waals surface area contributed by atoms with Gasteiger partial charge in [-0.3, -0.25) is 9.36 Å². The van der Waals surface area contributed by atoms with E-state index in [0.717, 1.165) is 16.8 Å². The van der Waals surface area contributed by atoms with Gasteiger partial charge in [-0.05, 0) is 43.2 Å². The van der Waals surface area contributed by atoms with Gasteiger partial charge in [-0.1, -0.05) is 66.0 Å². The van der Waals surface area contributed by atoms with Gasteiger partial charge < -0.3 is 9.64 Å². The predicted molar refractivity (Wildman–Crippen MR) is 138 cm³/mol. The van der Waals surface area contributed by atoms with E-state index < -0.39 is 12.0 Å². The Labute approximate surface area is 202 Å². The van der Waals surface area contributed by atoms with Crippen LogP contribution < -0.4 is 19.8 Å². The van der Waals surface area contributed by atoms with Gasteiger partial charge in [-0.15, -0.1) is 0 Å². The summed E-state index contributed by atoms with van der Waals surface area (Å²) in [7, 11) is 3.97. The second-order valence-corrected chi connectivity index (χ2v) is 9.11. The van der Waals surface area contributed by atoms with Crippen LogP contribution >= 0.6 is 11.3 Å². The van der Waals surface area contributed by atoms with Crippen molar-refractivity contribution in [3.63, 3.8) is 0 Å². The van der Waals surface area contributed by atoms with Gasteiger partial charge in [0, 0.05) is 19.8 Å². The van der Waals surface area contributed by atoms with E-state index >= 15 is 0 Å². The Hall–Kier alpha value is -3.71. The summed E-state index contributed by atoms with van der Waals surface area (Å²) in [6, 6.07) is 17.2. The molecule has 1 aliphatic heterocycles. The first kappa shape index (κ1) is 23.4. The first-order valence-electron chi connectivity index (χ1n) is 11.1. The maximum Gasteiger partial charge on any atom is 0.338 e. The molecule has 0 saturated heterocycles. The van der Waals surface area contributed by atoms with Gasteiger partial charge >= 0.3 is 5.97 Å². The molecular formula is C27H27N3O3S. The molecule has 1 unspecified atom stereocenters. The van der Waals surface area contributed by atoms with Crippen LogP contribution in [0.4, 0.5) is 5.69 Å². The standard InChI is InChI=1S/C27H27N3O3S/c1-5-33-26(32)24-18(2)28-27-30(22(24)16-13-19-9-7-6-8-10-19)25(31)23(34-27)17-20-11-14-21(15-12-20)29(3)4/h6-17,22H,5H2,1-4H3. The predicted octanol–water partition coefficient (Wildman–Crippen LogP) is 3.53. The molecule has 0 radical (unpaired) electrons. The fourth-order valence-electron chi connectivity index (χ4n) is 3.80. The highest BCUT2D eigenvalue weighted by Gasteiger charge is 2.30. The van der Waals surface area contributed by atoms with Crippen molar-refractivity contribution < 1.29 is 9.53 Å². The van der Waals surface area contributed by atoms with Crippen LogP contribution in [0.25, 0.3) is 12.2 Å². The van der Waals surface area contributed by atoms with Crippen LogP contribution in [0.3, 0.4) is 0 Å². The molecule has 4 rings (SSSR count). The largest absolute Gasteiger partial charge is 0.463 e. The molecule has 0 bridgehead atoms. The molecule has 0 spiro atoms. The van der Waals surface area contributed by atoms with Crippen LogP contribution in [0.5, 0.6) is 0 Å². The van der Waals surface area contributed by atoms with Crippen LogP contribution in [-0.2, 0) is 9.53 Å². The van der Waals surface area contributed by atoms with Crippen molar-refractivity contribution in [3.8, 4) is 0 Å². The first-order chi connectivity index (χ1) is 16.4. The molecule has 0 saturated carbocycles. The summed E-state index contributed by atoms with van der Waals surface area (Å²) in [6.45, 7) is 3.80. The fourth-order valence-corrected chi connectivity index (χ4v) is 4.86. The number of carbonyl (C=O) groups excluding carboxylic acids is 1. The number of anilines is 1. The smallest absolute Gasteiger partial charge is 0.338 e. The molecule has 6 nitrogen and oxygen atoms in total. The van der Waals surface area contributed by atoms with Crippen molar-refractivity contribution in [1.82, 2.24) is 4.57 Å². The summed E-state index contributed by atoms with van der Waals surface area (Å²) in [6.07, 6.45) is 5.65. The lowest BCUT2D eigenvalue weighted by Crippen LogP contribution is -2.38. The molecule has 2 heterocycles. The summed E-state index contributed by atoms with van der Waals surface area (Å²) in [5.41, 5.74) is 3.74. The van der Waals surface area contributed by atoms with Crippen LogP contribution in [0.1, 0.15) is 31.0 Å². The van der Waals surface area contributed by atoms with Gasteiger partial charge in [0.1, 0.15) is 0 Å². The molecule has 1 aromatic heterocycles. The monoisotopic (exact) mass is 473 g/mol. The van der Waals surface area contributed by atoms with Crippen LogP contribution in [0.15, 0.2) is 81.7 Å². The lowest BCUT2D eigenvalue weighted by atomic mass is 10.0. The van der Waals surface area contributed by atoms with Crippen molar-refractivity contribution in [2.24, 2.45) is 4.99 Å². The normalized spacial score (nSPS) is 15.9. The summed E-state index contributed by atoms with van der Waals surface area (Å²) >= 11 is 1.32. The van der Waals surface area contributed by atoms with Gasteiger partial charge in [0.15, 0.2) is 4.80 Å². The van der Waals surface area contributed by atoms with Gasteiger partial charge in [0.25, 0.3) is 5.56 Å². The number of rotatable bonds is 6. The lowest BCUT2D eigenvalue weighted by Gasteiger charge is -2.21. The first-order valence-corrected chi connectivity index (χ1v) is 11.9. The molecule has 174 valence electrons. The van der Waals surface area contributed by atoms with E-state index in [4.69, 9.17) is 4.74 Å². The zero-order valence-corrected chi connectivity index (χ0v) is 20.5. The number of hydrogen-bond donors (Lipinski definition) is 0. The Morgan fingerprint density at radius 1 is 1.12 bits per heavy atom. The van der Waals surface area contributed by atoms with E-state index in [9.17, 15) is 9.59 Å². The van der Waals surface area contributed by atoms with Gasteiger partial charge in [-0.25, -0.2) is 9.79 Å². The number of ether oxygens (including phenoxy) is 1. The van der Waals surface area contributed by atoms with Crippen LogP contribution in [-0.4, -0.2) is 31.2 Å². The second-order valence-electron chi connectivity index (χ2n) is 8.10. The Morgan fingerprint density at radius 2 is 1.82 bits per heavy atom. The Bertz CT molecular complexity index is 1430. The molecule has 0 amide bonds. The third kappa shape index (κ3) is 4.79. The summed E-state index contributed by atoms with van der Waals surface area (Å²) in [5.74, 6) is -0.458. The number of allylic oxidation sites excluding steroid dienone is 2. The van der Waals surface area contributed by atoms with E-state index in [-0.39, 0.29) is 12.2 Å². The minimum absolute atomic E-state index is 0.183. The SMILES string of the molecule is CCOC(=O)C1=C(C)N=c2sc(=Cc3ccc(N(C)C)cc3)c(=O)n2C1C=Cc1ccccc1. The quantitative estimate of drug-likeness (QED) is 0.514. The number of fused-ring (bicyclic) bond motifs is 1. The zero-order valence-electron chi connectivity index (χ0n) is 19.7. The van der Waals surface area contributed by atoms with Crippen molar-refractivity contribution in [2.45, 2.75) is 19.9 Å². The maximum atomic E-state index is 13.5. The van der Waals surface area contributed by atoms with E-state index in [1.54, 1.807) is 18.4 Å². The summed E-state index contributed by atoms with van der Waals surface area (Å²) in [4.78, 5) is 33.5. The van der Waals surface area contributed by atoms with Crippen molar-refractivity contribution in [3.05, 3.63) is 103 Å². The maximum absolute atomic E-state index is 13.5. The number of thiazole rings is 1. The van der Waals surface area contributed by atoms with E-state index in [0.29, 0.717) is 20.6 Å². The second kappa shape index (κ2) is 10.1. The lowest BCUT2D eigenvalue weighted by molar-refractivity contribution is -0.139.